The zero-order valence-corrected chi connectivity index (χ0v) is 11.4. The van der Waals surface area contributed by atoms with E-state index in [1.54, 1.807) is 11.9 Å². The van der Waals surface area contributed by atoms with E-state index >= 15 is 0 Å². The van der Waals surface area contributed by atoms with Gasteiger partial charge in [-0.1, -0.05) is 25.1 Å². The van der Waals surface area contributed by atoms with E-state index in [1.165, 1.54) is 0 Å². The summed E-state index contributed by atoms with van der Waals surface area (Å²) in [7, 11) is 1.78. The summed E-state index contributed by atoms with van der Waals surface area (Å²) in [6.45, 7) is 3.82. The van der Waals surface area contributed by atoms with Crippen LogP contribution in [0, 0.1) is 6.92 Å². The Bertz CT molecular complexity index is 610. The number of fused-ring (bicyclic) bond motifs is 1. The van der Waals surface area contributed by atoms with Gasteiger partial charge < -0.3 is 10.0 Å². The van der Waals surface area contributed by atoms with E-state index in [1.807, 2.05) is 44.2 Å². The fourth-order valence-corrected chi connectivity index (χ4v) is 2.33. The summed E-state index contributed by atoms with van der Waals surface area (Å²) in [5, 5.41) is 10.3. The largest absolute Gasteiger partial charge is 0.480 e. The van der Waals surface area contributed by atoms with E-state index in [9.17, 15) is 9.90 Å². The molecular formula is C15H18N2O2. The maximum absolute atomic E-state index is 11.3. The Kier molecular flexibility index (Phi) is 3.69. The van der Waals surface area contributed by atoms with E-state index in [2.05, 4.69) is 4.98 Å². The summed E-state index contributed by atoms with van der Waals surface area (Å²) in [5.74, 6) is -0.0905. The van der Waals surface area contributed by atoms with Crippen molar-refractivity contribution in [2.75, 3.05) is 11.9 Å². The Morgan fingerprint density at radius 1 is 1.42 bits per heavy atom. The van der Waals surface area contributed by atoms with Crippen LogP contribution in [0.25, 0.3) is 10.9 Å². The predicted molar refractivity (Wildman–Crippen MR) is 76.6 cm³/mol. The molecule has 19 heavy (non-hydrogen) atoms. The summed E-state index contributed by atoms with van der Waals surface area (Å²) >= 11 is 0. The van der Waals surface area contributed by atoms with Crippen molar-refractivity contribution in [3.63, 3.8) is 0 Å². The van der Waals surface area contributed by atoms with Gasteiger partial charge in [-0.3, -0.25) is 0 Å². The van der Waals surface area contributed by atoms with Crippen molar-refractivity contribution in [2.45, 2.75) is 26.3 Å². The summed E-state index contributed by atoms with van der Waals surface area (Å²) in [6, 6.07) is 9.35. The van der Waals surface area contributed by atoms with Gasteiger partial charge >= 0.3 is 5.97 Å². The SMILES string of the molecule is CCC(C(=O)O)N(C)c1nc2ccccc2cc1C. The number of hydrogen-bond acceptors (Lipinski definition) is 3. The average Bonchev–Trinajstić information content (AvgIpc) is 2.38. The first-order chi connectivity index (χ1) is 9.04. The number of carbonyl (C=O) groups is 1. The third kappa shape index (κ3) is 2.52. The molecule has 1 aromatic carbocycles. The van der Waals surface area contributed by atoms with Gasteiger partial charge in [0.2, 0.25) is 0 Å². The van der Waals surface area contributed by atoms with Crippen molar-refractivity contribution in [3.8, 4) is 0 Å². The molecule has 1 unspecified atom stereocenters. The predicted octanol–water partition coefficient (Wildman–Crippen LogP) is 2.84. The van der Waals surface area contributed by atoms with Crippen LogP contribution in [0.3, 0.4) is 0 Å². The molecule has 1 heterocycles. The minimum absolute atomic E-state index is 0.541. The first-order valence-electron chi connectivity index (χ1n) is 6.36. The molecule has 1 N–H and O–H groups in total. The monoisotopic (exact) mass is 258 g/mol. The number of para-hydroxylation sites is 1. The summed E-state index contributed by atoms with van der Waals surface area (Å²) in [6.07, 6.45) is 0.541. The molecule has 2 rings (SSSR count). The van der Waals surface area contributed by atoms with E-state index in [4.69, 9.17) is 0 Å². The van der Waals surface area contributed by atoms with Crippen molar-refractivity contribution < 1.29 is 9.90 Å². The van der Waals surface area contributed by atoms with Gasteiger partial charge in [-0.2, -0.15) is 0 Å². The quantitative estimate of drug-likeness (QED) is 0.916. The Morgan fingerprint density at radius 2 is 2.11 bits per heavy atom. The lowest BCUT2D eigenvalue weighted by Gasteiger charge is -2.26. The molecule has 0 saturated carbocycles. The first kappa shape index (κ1) is 13.3. The highest BCUT2D eigenvalue weighted by molar-refractivity contribution is 5.83. The Balaban J connectivity index is 2.49. The number of benzene rings is 1. The lowest BCUT2D eigenvalue weighted by molar-refractivity contribution is -0.138. The third-order valence-corrected chi connectivity index (χ3v) is 3.36. The molecule has 0 aliphatic heterocycles. The second kappa shape index (κ2) is 5.26. The Hall–Kier alpha value is -2.10. The van der Waals surface area contributed by atoms with Crippen molar-refractivity contribution in [1.29, 1.82) is 0 Å². The highest BCUT2D eigenvalue weighted by Gasteiger charge is 2.23. The number of aryl methyl sites for hydroxylation is 1. The second-order valence-electron chi connectivity index (χ2n) is 4.69. The number of aliphatic carboxylic acids is 1. The molecule has 0 spiro atoms. The number of anilines is 1. The molecular weight excluding hydrogens is 240 g/mol. The van der Waals surface area contributed by atoms with E-state index in [0.717, 1.165) is 22.3 Å². The average molecular weight is 258 g/mol. The van der Waals surface area contributed by atoms with Crippen LogP contribution in [-0.2, 0) is 4.79 Å². The maximum Gasteiger partial charge on any atom is 0.326 e. The smallest absolute Gasteiger partial charge is 0.326 e. The second-order valence-corrected chi connectivity index (χ2v) is 4.69. The fraction of sp³-hybridized carbons (Fsp3) is 0.333. The molecule has 0 aliphatic carbocycles. The van der Waals surface area contributed by atoms with Gasteiger partial charge in [0.25, 0.3) is 0 Å². The van der Waals surface area contributed by atoms with Crippen molar-refractivity contribution >= 4 is 22.7 Å². The molecule has 0 amide bonds. The molecule has 1 aromatic heterocycles. The van der Waals surface area contributed by atoms with Crippen LogP contribution in [0.1, 0.15) is 18.9 Å². The van der Waals surface area contributed by atoms with Gasteiger partial charge in [-0.25, -0.2) is 9.78 Å². The van der Waals surface area contributed by atoms with Gasteiger partial charge in [0.15, 0.2) is 0 Å². The molecule has 0 radical (unpaired) electrons. The summed E-state index contributed by atoms with van der Waals surface area (Å²) < 4.78 is 0. The maximum atomic E-state index is 11.3. The van der Waals surface area contributed by atoms with Gasteiger partial charge in [0.05, 0.1) is 5.52 Å². The lowest BCUT2D eigenvalue weighted by Crippen LogP contribution is -2.38. The summed E-state index contributed by atoms with van der Waals surface area (Å²) in [4.78, 5) is 17.6. The molecule has 4 heteroatoms. The number of aromatic nitrogens is 1. The molecule has 0 fully saturated rings. The molecule has 0 saturated heterocycles. The number of nitrogens with zero attached hydrogens (tertiary/aromatic N) is 2. The Morgan fingerprint density at radius 3 is 2.74 bits per heavy atom. The number of carboxylic acid groups (broad SMARTS) is 1. The highest BCUT2D eigenvalue weighted by atomic mass is 16.4. The first-order valence-corrected chi connectivity index (χ1v) is 6.36. The van der Waals surface area contributed by atoms with Gasteiger partial charge in [-0.05, 0) is 31.0 Å². The van der Waals surface area contributed by atoms with Crippen molar-refractivity contribution in [2.24, 2.45) is 0 Å². The van der Waals surface area contributed by atoms with Crippen LogP contribution < -0.4 is 4.90 Å². The van der Waals surface area contributed by atoms with Crippen LogP contribution >= 0.6 is 0 Å². The molecule has 0 aliphatic rings. The topological polar surface area (TPSA) is 53.4 Å². The van der Waals surface area contributed by atoms with Crippen LogP contribution in [0.4, 0.5) is 5.82 Å². The van der Waals surface area contributed by atoms with Gasteiger partial charge in [0, 0.05) is 12.4 Å². The number of hydrogen-bond donors (Lipinski definition) is 1. The van der Waals surface area contributed by atoms with Crippen LogP contribution in [0.5, 0.6) is 0 Å². The van der Waals surface area contributed by atoms with Crippen molar-refractivity contribution in [1.82, 2.24) is 4.98 Å². The zero-order chi connectivity index (χ0) is 14.0. The molecule has 4 nitrogen and oxygen atoms in total. The normalized spacial score (nSPS) is 12.4. The van der Waals surface area contributed by atoms with Crippen LogP contribution in [0.15, 0.2) is 30.3 Å². The highest BCUT2D eigenvalue weighted by Crippen LogP contribution is 2.24. The number of rotatable bonds is 4. The van der Waals surface area contributed by atoms with E-state index in [-0.39, 0.29) is 0 Å². The molecule has 1 atom stereocenters. The number of carboxylic acids is 1. The lowest BCUT2D eigenvalue weighted by atomic mass is 10.1. The van der Waals surface area contributed by atoms with Crippen LogP contribution in [0.2, 0.25) is 0 Å². The molecule has 0 bridgehead atoms. The molecule has 2 aromatic rings. The zero-order valence-electron chi connectivity index (χ0n) is 11.4. The van der Waals surface area contributed by atoms with E-state index < -0.39 is 12.0 Å². The third-order valence-electron chi connectivity index (χ3n) is 3.36. The van der Waals surface area contributed by atoms with Gasteiger partial charge in [0.1, 0.15) is 11.9 Å². The fourth-order valence-electron chi connectivity index (χ4n) is 2.33. The number of pyridine rings is 1. The standard InChI is InChI=1S/C15H18N2O2/c1-4-13(15(18)19)17(3)14-10(2)9-11-7-5-6-8-12(11)16-14/h5-9,13H,4H2,1-3H3,(H,18,19). The van der Waals surface area contributed by atoms with Crippen LogP contribution in [-0.4, -0.2) is 29.1 Å². The summed E-state index contributed by atoms with van der Waals surface area (Å²) in [5.41, 5.74) is 1.87. The minimum Gasteiger partial charge on any atom is -0.480 e. The number of likely N-dealkylation sites (N-methyl/N-ethyl adjacent to an activating group) is 1. The Labute approximate surface area is 112 Å². The van der Waals surface area contributed by atoms with E-state index in [0.29, 0.717) is 6.42 Å². The van der Waals surface area contributed by atoms with Gasteiger partial charge in [-0.15, -0.1) is 0 Å². The minimum atomic E-state index is -0.820. The molecule has 100 valence electrons. The van der Waals surface area contributed by atoms with Crippen molar-refractivity contribution in [3.05, 3.63) is 35.9 Å².